The molecule has 3 N–H and O–H groups in total. The Kier molecular flexibility index (Phi) is 8.43. The van der Waals surface area contributed by atoms with Gasteiger partial charge in [-0.3, -0.25) is 4.79 Å². The lowest BCUT2D eigenvalue weighted by Gasteiger charge is -2.20. The molecule has 2 amide bonds. The number of hydrogen-bond donors (Lipinski definition) is 3. The topological polar surface area (TPSA) is 105 Å². The van der Waals surface area contributed by atoms with Crippen molar-refractivity contribution in [3.63, 3.8) is 0 Å². The van der Waals surface area contributed by atoms with E-state index in [-0.39, 0.29) is 37.3 Å². The molecule has 188 valence electrons. The Morgan fingerprint density at radius 3 is 2.11 bits per heavy atom. The quantitative estimate of drug-likeness (QED) is 0.435. The zero-order valence-corrected chi connectivity index (χ0v) is 19.7. The van der Waals surface area contributed by atoms with Gasteiger partial charge in [0.05, 0.1) is 6.54 Å². The van der Waals surface area contributed by atoms with E-state index in [9.17, 15) is 23.2 Å². The normalized spacial score (nSPS) is 13.6. The van der Waals surface area contributed by atoms with Crippen molar-refractivity contribution in [2.45, 2.75) is 38.5 Å². The van der Waals surface area contributed by atoms with Crippen LogP contribution in [0.4, 0.5) is 13.6 Å². The third kappa shape index (κ3) is 6.77. The van der Waals surface area contributed by atoms with Crippen molar-refractivity contribution in [1.82, 2.24) is 10.6 Å². The molecule has 0 saturated carbocycles. The van der Waals surface area contributed by atoms with Gasteiger partial charge in [0.25, 0.3) is 0 Å². The van der Waals surface area contributed by atoms with Gasteiger partial charge in [0.1, 0.15) is 6.61 Å². The first kappa shape index (κ1) is 26.1. The Bertz CT molecular complexity index is 1030. The van der Waals surface area contributed by atoms with Gasteiger partial charge < -0.3 is 20.5 Å². The Morgan fingerprint density at radius 2 is 1.57 bits per heavy atom. The van der Waals surface area contributed by atoms with E-state index in [1.165, 1.54) is 0 Å². The highest BCUT2D eigenvalue weighted by atomic mass is 19.3. The number of carbonyl (C=O) groups is 3. The van der Waals surface area contributed by atoms with Crippen LogP contribution < -0.4 is 10.6 Å². The minimum absolute atomic E-state index is 0.0821. The van der Waals surface area contributed by atoms with Crippen molar-refractivity contribution in [2.75, 3.05) is 19.7 Å². The molecule has 1 unspecified atom stereocenters. The van der Waals surface area contributed by atoms with Gasteiger partial charge in [0.2, 0.25) is 5.91 Å². The summed E-state index contributed by atoms with van der Waals surface area (Å²) in [6.07, 6.45) is -0.192. The van der Waals surface area contributed by atoms with Crippen LogP contribution in [0.15, 0.2) is 48.5 Å². The minimum Gasteiger partial charge on any atom is -0.477 e. The Balaban J connectivity index is 1.53. The van der Waals surface area contributed by atoms with Crippen LogP contribution in [-0.4, -0.2) is 48.7 Å². The number of aliphatic carboxylic acids is 1. The minimum atomic E-state index is -4.04. The fraction of sp³-hybridized carbons (Fsp3) is 0.423. The number of carbonyl (C=O) groups excluding carboxylic acids is 2. The largest absolute Gasteiger partial charge is 0.477 e. The fourth-order valence-electron chi connectivity index (χ4n) is 4.40. The number of halogens is 2. The number of hydrogen-bond acceptors (Lipinski definition) is 4. The van der Waals surface area contributed by atoms with Gasteiger partial charge in [-0.15, -0.1) is 0 Å². The van der Waals surface area contributed by atoms with Crippen LogP contribution in [0.25, 0.3) is 11.1 Å². The maximum Gasteiger partial charge on any atom is 0.407 e. The molecule has 0 aliphatic heterocycles. The van der Waals surface area contributed by atoms with Crippen molar-refractivity contribution in [3.8, 4) is 11.1 Å². The number of alkyl carbamates (subject to hydrolysis) is 1. The molecule has 0 aromatic heterocycles. The smallest absolute Gasteiger partial charge is 0.407 e. The lowest BCUT2D eigenvalue weighted by Crippen LogP contribution is -2.43. The monoisotopic (exact) mass is 488 g/mol. The van der Waals surface area contributed by atoms with E-state index < -0.39 is 30.4 Å². The molecule has 9 heteroatoms. The summed E-state index contributed by atoms with van der Waals surface area (Å²) in [6.45, 7) is 2.88. The SMILES string of the molecule is CC(C)CC(CNC(=O)OCC1c2ccccc2-c2ccccc21)CC(=O)NCC(F)(F)C(=O)O. The van der Waals surface area contributed by atoms with E-state index in [0.717, 1.165) is 22.3 Å². The van der Waals surface area contributed by atoms with Crippen molar-refractivity contribution in [3.05, 3.63) is 59.7 Å². The summed E-state index contributed by atoms with van der Waals surface area (Å²) < 4.78 is 31.9. The summed E-state index contributed by atoms with van der Waals surface area (Å²) in [5, 5.41) is 13.1. The van der Waals surface area contributed by atoms with E-state index >= 15 is 0 Å². The van der Waals surface area contributed by atoms with Crippen LogP contribution in [0.1, 0.15) is 43.7 Å². The molecule has 1 aliphatic rings. The highest BCUT2D eigenvalue weighted by Gasteiger charge is 2.39. The molecular formula is C26H30F2N2O5. The summed E-state index contributed by atoms with van der Waals surface area (Å²) in [6, 6.07) is 16.0. The molecule has 0 bridgehead atoms. The molecule has 0 spiro atoms. The molecule has 0 heterocycles. The van der Waals surface area contributed by atoms with Gasteiger partial charge in [-0.2, -0.15) is 8.78 Å². The summed E-state index contributed by atoms with van der Waals surface area (Å²) >= 11 is 0. The highest BCUT2D eigenvalue weighted by Crippen LogP contribution is 2.44. The average molecular weight is 489 g/mol. The number of rotatable bonds is 11. The molecule has 3 rings (SSSR count). The standard InChI is InChI=1S/C26H30F2N2O5/c1-16(2)11-17(12-23(31)30-15-26(27,28)24(32)33)13-29-25(34)35-14-22-20-9-5-3-7-18(20)19-8-4-6-10-21(19)22/h3-10,16-17,22H,11-15H2,1-2H3,(H,29,34)(H,30,31)(H,32,33). The summed E-state index contributed by atoms with van der Waals surface area (Å²) in [7, 11) is 0. The number of alkyl halides is 2. The lowest BCUT2D eigenvalue weighted by molar-refractivity contribution is -0.164. The molecule has 35 heavy (non-hydrogen) atoms. The molecule has 1 aliphatic carbocycles. The van der Waals surface area contributed by atoms with Gasteiger partial charge >= 0.3 is 18.0 Å². The molecule has 2 aromatic rings. The van der Waals surface area contributed by atoms with Crippen LogP contribution in [0.3, 0.4) is 0 Å². The first-order valence-corrected chi connectivity index (χ1v) is 11.5. The average Bonchev–Trinajstić information content (AvgIpc) is 3.13. The van der Waals surface area contributed by atoms with E-state index in [0.29, 0.717) is 6.42 Å². The van der Waals surface area contributed by atoms with E-state index in [1.807, 2.05) is 67.7 Å². The predicted octanol–water partition coefficient (Wildman–Crippen LogP) is 4.41. The first-order valence-electron chi connectivity index (χ1n) is 11.5. The van der Waals surface area contributed by atoms with Crippen LogP contribution in [0.2, 0.25) is 0 Å². The van der Waals surface area contributed by atoms with Crippen molar-refractivity contribution in [2.24, 2.45) is 11.8 Å². The van der Waals surface area contributed by atoms with Crippen LogP contribution >= 0.6 is 0 Å². The van der Waals surface area contributed by atoms with Gasteiger partial charge in [-0.25, -0.2) is 9.59 Å². The molecule has 0 fully saturated rings. The Labute approximate surface area is 202 Å². The maximum atomic E-state index is 13.2. The van der Waals surface area contributed by atoms with E-state index in [4.69, 9.17) is 9.84 Å². The lowest BCUT2D eigenvalue weighted by atomic mass is 9.93. The zero-order chi connectivity index (χ0) is 25.6. The third-order valence-corrected chi connectivity index (χ3v) is 5.98. The predicted molar refractivity (Wildman–Crippen MR) is 126 cm³/mol. The number of amides is 2. The first-order chi connectivity index (χ1) is 16.6. The van der Waals surface area contributed by atoms with Gasteiger partial charge in [-0.05, 0) is 40.5 Å². The number of ether oxygens (including phenoxy) is 1. The van der Waals surface area contributed by atoms with Crippen molar-refractivity contribution >= 4 is 18.0 Å². The number of carboxylic acids is 1. The van der Waals surface area contributed by atoms with Crippen molar-refractivity contribution < 1.29 is 33.0 Å². The molecule has 0 saturated heterocycles. The number of nitrogens with one attached hydrogen (secondary N) is 2. The third-order valence-electron chi connectivity index (χ3n) is 5.98. The number of fused-ring (bicyclic) bond motifs is 3. The highest BCUT2D eigenvalue weighted by molar-refractivity contribution is 5.80. The second-order valence-corrected chi connectivity index (χ2v) is 9.19. The second kappa shape index (κ2) is 11.3. The van der Waals surface area contributed by atoms with Gasteiger partial charge in [-0.1, -0.05) is 62.4 Å². The molecule has 7 nitrogen and oxygen atoms in total. The van der Waals surface area contributed by atoms with E-state index in [1.54, 1.807) is 0 Å². The molecule has 1 atom stereocenters. The zero-order valence-electron chi connectivity index (χ0n) is 19.7. The Morgan fingerprint density at radius 1 is 1.00 bits per heavy atom. The summed E-state index contributed by atoms with van der Waals surface area (Å²) in [5.41, 5.74) is 4.42. The summed E-state index contributed by atoms with van der Waals surface area (Å²) in [4.78, 5) is 35.0. The van der Waals surface area contributed by atoms with E-state index in [2.05, 4.69) is 5.32 Å². The molecule has 0 radical (unpaired) electrons. The maximum absolute atomic E-state index is 13.2. The second-order valence-electron chi connectivity index (χ2n) is 9.19. The van der Waals surface area contributed by atoms with Crippen molar-refractivity contribution in [1.29, 1.82) is 0 Å². The molecular weight excluding hydrogens is 458 g/mol. The Hall–Kier alpha value is -3.49. The molecule has 2 aromatic carbocycles. The van der Waals surface area contributed by atoms with Crippen LogP contribution in [0.5, 0.6) is 0 Å². The van der Waals surface area contributed by atoms with Gasteiger partial charge in [0.15, 0.2) is 0 Å². The van der Waals surface area contributed by atoms with Gasteiger partial charge in [0, 0.05) is 18.9 Å². The van der Waals surface area contributed by atoms with Crippen LogP contribution in [-0.2, 0) is 14.3 Å². The fourth-order valence-corrected chi connectivity index (χ4v) is 4.40. The number of carboxylic acid groups (broad SMARTS) is 1. The van der Waals surface area contributed by atoms with Crippen LogP contribution in [0, 0.1) is 11.8 Å². The summed E-state index contributed by atoms with van der Waals surface area (Å²) in [5.74, 6) is -7.25. The number of benzene rings is 2.